The second kappa shape index (κ2) is 4.51. The highest BCUT2D eigenvalue weighted by atomic mass is 16.3. The van der Waals surface area contributed by atoms with Crippen LogP contribution in [-0.2, 0) is 6.54 Å². The molecule has 1 atom stereocenters. The summed E-state index contributed by atoms with van der Waals surface area (Å²) in [7, 11) is 0. The minimum absolute atomic E-state index is 0.324. The van der Waals surface area contributed by atoms with Crippen molar-refractivity contribution in [2.75, 3.05) is 19.7 Å². The van der Waals surface area contributed by atoms with Crippen LogP contribution in [0.15, 0.2) is 30.5 Å². The first-order valence-corrected chi connectivity index (χ1v) is 6.25. The van der Waals surface area contributed by atoms with Crippen LogP contribution in [0.25, 0.3) is 10.9 Å². The Hall–Kier alpha value is -1.32. The van der Waals surface area contributed by atoms with E-state index in [0.717, 1.165) is 26.1 Å². The van der Waals surface area contributed by atoms with Gasteiger partial charge in [-0.2, -0.15) is 0 Å². The monoisotopic (exact) mass is 230 g/mol. The van der Waals surface area contributed by atoms with Crippen molar-refractivity contribution in [1.29, 1.82) is 0 Å². The summed E-state index contributed by atoms with van der Waals surface area (Å²) < 4.78 is 0. The zero-order valence-electron chi connectivity index (χ0n) is 9.89. The van der Waals surface area contributed by atoms with E-state index in [2.05, 4.69) is 34.1 Å². The molecule has 1 aromatic heterocycles. The fourth-order valence-electron chi connectivity index (χ4n) is 2.73. The van der Waals surface area contributed by atoms with E-state index in [4.69, 9.17) is 5.11 Å². The van der Waals surface area contributed by atoms with E-state index in [1.165, 1.54) is 16.5 Å². The van der Waals surface area contributed by atoms with Crippen molar-refractivity contribution >= 4 is 10.9 Å². The fourth-order valence-corrected chi connectivity index (χ4v) is 2.73. The lowest BCUT2D eigenvalue weighted by Crippen LogP contribution is -2.21. The van der Waals surface area contributed by atoms with Gasteiger partial charge in [-0.25, -0.2) is 0 Å². The Morgan fingerprint density at radius 2 is 2.29 bits per heavy atom. The number of benzene rings is 1. The first kappa shape index (κ1) is 10.8. The summed E-state index contributed by atoms with van der Waals surface area (Å²) in [5, 5.41) is 10.5. The molecule has 90 valence electrons. The van der Waals surface area contributed by atoms with E-state index >= 15 is 0 Å². The highest BCUT2D eigenvalue weighted by Gasteiger charge is 2.21. The molecule has 0 radical (unpaired) electrons. The summed E-state index contributed by atoms with van der Waals surface area (Å²) in [5.74, 6) is 0.473. The third kappa shape index (κ3) is 2.08. The quantitative estimate of drug-likeness (QED) is 0.846. The molecule has 1 saturated heterocycles. The van der Waals surface area contributed by atoms with Crippen molar-refractivity contribution in [3.05, 3.63) is 36.0 Å². The van der Waals surface area contributed by atoms with E-state index in [9.17, 15) is 0 Å². The maximum atomic E-state index is 9.16. The number of fused-ring (bicyclic) bond motifs is 1. The van der Waals surface area contributed by atoms with Crippen LogP contribution in [-0.4, -0.2) is 34.7 Å². The van der Waals surface area contributed by atoms with Crippen LogP contribution < -0.4 is 0 Å². The smallest absolute Gasteiger partial charge is 0.0471 e. The Balaban J connectivity index is 1.79. The van der Waals surface area contributed by atoms with E-state index in [1.807, 2.05) is 6.20 Å². The molecule has 0 bridgehead atoms. The molecular weight excluding hydrogens is 212 g/mol. The molecule has 3 rings (SSSR count). The molecule has 3 nitrogen and oxygen atoms in total. The number of nitrogens with zero attached hydrogens (tertiary/aromatic N) is 1. The van der Waals surface area contributed by atoms with Crippen LogP contribution in [0, 0.1) is 5.92 Å². The maximum absolute atomic E-state index is 9.16. The molecule has 0 amide bonds. The largest absolute Gasteiger partial charge is 0.396 e. The van der Waals surface area contributed by atoms with Crippen molar-refractivity contribution in [1.82, 2.24) is 9.88 Å². The molecule has 1 aromatic carbocycles. The van der Waals surface area contributed by atoms with Gasteiger partial charge in [-0.05, 0) is 36.6 Å². The van der Waals surface area contributed by atoms with E-state index in [-0.39, 0.29) is 0 Å². The summed E-state index contributed by atoms with van der Waals surface area (Å²) >= 11 is 0. The number of H-pyrrole nitrogens is 1. The molecule has 17 heavy (non-hydrogen) atoms. The maximum Gasteiger partial charge on any atom is 0.0471 e. The number of hydrogen-bond acceptors (Lipinski definition) is 2. The predicted molar refractivity (Wildman–Crippen MR) is 68.8 cm³/mol. The van der Waals surface area contributed by atoms with Gasteiger partial charge in [-0.15, -0.1) is 0 Å². The standard InChI is InChI=1S/C14H18N2O/c17-10-11-5-7-16(8-11)9-12-2-1-3-14-13(12)4-6-15-14/h1-4,6,11,15,17H,5,7-10H2. The Bertz CT molecular complexity index is 506. The number of aromatic amines is 1. The Morgan fingerprint density at radius 3 is 3.12 bits per heavy atom. The normalized spacial score (nSPS) is 21.4. The SMILES string of the molecule is OCC1CCN(Cc2cccc3[nH]ccc23)C1. The average Bonchev–Trinajstić information content (AvgIpc) is 2.97. The third-order valence-corrected chi connectivity index (χ3v) is 3.71. The molecule has 2 N–H and O–H groups in total. The summed E-state index contributed by atoms with van der Waals surface area (Å²) in [6.45, 7) is 3.44. The van der Waals surface area contributed by atoms with Crippen LogP contribution in [0.3, 0.4) is 0 Å². The highest BCUT2D eigenvalue weighted by molar-refractivity contribution is 5.82. The molecule has 3 heteroatoms. The summed E-state index contributed by atoms with van der Waals surface area (Å²) in [6, 6.07) is 8.56. The number of hydrogen-bond donors (Lipinski definition) is 2. The zero-order chi connectivity index (χ0) is 11.7. The highest BCUT2D eigenvalue weighted by Crippen LogP contribution is 2.22. The number of aliphatic hydroxyl groups is 1. The van der Waals surface area contributed by atoms with Crippen molar-refractivity contribution in [3.8, 4) is 0 Å². The van der Waals surface area contributed by atoms with Crippen molar-refractivity contribution in [3.63, 3.8) is 0 Å². The molecule has 1 fully saturated rings. The number of aromatic nitrogens is 1. The molecule has 0 saturated carbocycles. The van der Waals surface area contributed by atoms with Crippen LogP contribution in [0.2, 0.25) is 0 Å². The molecular formula is C14H18N2O. The number of likely N-dealkylation sites (tertiary alicyclic amines) is 1. The first-order chi connectivity index (χ1) is 8.36. The van der Waals surface area contributed by atoms with E-state index < -0.39 is 0 Å². The van der Waals surface area contributed by atoms with Gasteiger partial charge >= 0.3 is 0 Å². The lowest BCUT2D eigenvalue weighted by atomic mass is 10.1. The van der Waals surface area contributed by atoms with E-state index in [1.54, 1.807) is 0 Å². The van der Waals surface area contributed by atoms with Crippen LogP contribution >= 0.6 is 0 Å². The Labute approximate surface area is 101 Å². The minimum atomic E-state index is 0.324. The van der Waals surface area contributed by atoms with Gasteiger partial charge < -0.3 is 10.1 Å². The lowest BCUT2D eigenvalue weighted by Gasteiger charge is -2.16. The van der Waals surface area contributed by atoms with Gasteiger partial charge in [0, 0.05) is 36.8 Å². The minimum Gasteiger partial charge on any atom is -0.396 e. The van der Waals surface area contributed by atoms with E-state index in [0.29, 0.717) is 12.5 Å². The molecule has 2 heterocycles. The first-order valence-electron chi connectivity index (χ1n) is 6.25. The fraction of sp³-hybridized carbons (Fsp3) is 0.429. The second-order valence-electron chi connectivity index (χ2n) is 4.93. The average molecular weight is 230 g/mol. The summed E-state index contributed by atoms with van der Waals surface area (Å²) in [5.41, 5.74) is 2.59. The Morgan fingerprint density at radius 1 is 1.35 bits per heavy atom. The number of rotatable bonds is 3. The Kier molecular flexibility index (Phi) is 2.87. The van der Waals surface area contributed by atoms with Crippen molar-refractivity contribution in [2.45, 2.75) is 13.0 Å². The molecule has 1 aliphatic rings. The molecule has 0 spiro atoms. The van der Waals surface area contributed by atoms with Crippen molar-refractivity contribution < 1.29 is 5.11 Å². The molecule has 0 aliphatic carbocycles. The third-order valence-electron chi connectivity index (χ3n) is 3.71. The van der Waals surface area contributed by atoms with Gasteiger partial charge in [-0.1, -0.05) is 12.1 Å². The predicted octanol–water partition coefficient (Wildman–Crippen LogP) is 1.98. The molecule has 1 aliphatic heterocycles. The topological polar surface area (TPSA) is 39.3 Å². The summed E-state index contributed by atoms with van der Waals surface area (Å²) in [6.07, 6.45) is 3.12. The number of nitrogens with one attached hydrogen (secondary N) is 1. The summed E-state index contributed by atoms with van der Waals surface area (Å²) in [4.78, 5) is 5.68. The van der Waals surface area contributed by atoms with Gasteiger partial charge in [-0.3, -0.25) is 4.90 Å². The second-order valence-corrected chi connectivity index (χ2v) is 4.93. The lowest BCUT2D eigenvalue weighted by molar-refractivity contribution is 0.220. The molecule has 2 aromatic rings. The van der Waals surface area contributed by atoms with Gasteiger partial charge in [0.25, 0.3) is 0 Å². The van der Waals surface area contributed by atoms with Gasteiger partial charge in [0.05, 0.1) is 0 Å². The number of aliphatic hydroxyl groups excluding tert-OH is 1. The van der Waals surface area contributed by atoms with Crippen LogP contribution in [0.5, 0.6) is 0 Å². The molecule has 1 unspecified atom stereocenters. The van der Waals surface area contributed by atoms with Gasteiger partial charge in [0.2, 0.25) is 0 Å². The van der Waals surface area contributed by atoms with Crippen molar-refractivity contribution in [2.24, 2.45) is 5.92 Å². The zero-order valence-corrected chi connectivity index (χ0v) is 9.89. The van der Waals surface area contributed by atoms with Gasteiger partial charge in [0.1, 0.15) is 0 Å². The van der Waals surface area contributed by atoms with Crippen LogP contribution in [0.1, 0.15) is 12.0 Å². The van der Waals surface area contributed by atoms with Crippen LogP contribution in [0.4, 0.5) is 0 Å². The van der Waals surface area contributed by atoms with Gasteiger partial charge in [0.15, 0.2) is 0 Å².